The molecule has 0 aliphatic heterocycles. The number of hydrogen-bond acceptors (Lipinski definition) is 5. The minimum Gasteiger partial charge on any atom is -0.388 e. The molecule has 0 aliphatic carbocycles. The van der Waals surface area contributed by atoms with Crippen molar-refractivity contribution in [2.45, 2.75) is 44.7 Å². The Morgan fingerprint density at radius 2 is 1.66 bits per heavy atom. The Balaban J connectivity index is 1.62. The SMILES string of the molecule is CNc1ccc([C@@H](C)[C@H](C)NCC(Cc2ccccn2)c2cc(C=O)cc(N(Cc3ccccc3)S(C)=O)c2)cc1. The van der Waals surface area contributed by atoms with Gasteiger partial charge in [0.2, 0.25) is 0 Å². The number of hydrogen-bond donors (Lipinski definition) is 2. The van der Waals surface area contributed by atoms with Crippen LogP contribution in [0.2, 0.25) is 0 Å². The van der Waals surface area contributed by atoms with Crippen LogP contribution < -0.4 is 14.9 Å². The molecule has 0 saturated carbocycles. The van der Waals surface area contributed by atoms with Crippen molar-refractivity contribution in [3.05, 3.63) is 125 Å². The molecule has 0 amide bonds. The number of rotatable bonds is 14. The first-order chi connectivity index (χ1) is 19.9. The molecule has 0 saturated heterocycles. The number of carbonyl (C=O) groups excluding carboxylic acids is 1. The van der Waals surface area contributed by atoms with E-state index in [1.54, 1.807) is 6.26 Å². The molecule has 0 spiro atoms. The minimum atomic E-state index is -1.28. The number of nitrogens with zero attached hydrogens (tertiary/aromatic N) is 2. The summed E-state index contributed by atoms with van der Waals surface area (Å²) in [7, 11) is 0.644. The fourth-order valence-corrected chi connectivity index (χ4v) is 5.75. The topological polar surface area (TPSA) is 74.3 Å². The van der Waals surface area contributed by atoms with Crippen LogP contribution in [0.4, 0.5) is 11.4 Å². The number of carbonyl (C=O) groups is 1. The second kappa shape index (κ2) is 14.7. The van der Waals surface area contributed by atoms with Crippen LogP contribution in [0.15, 0.2) is 97.2 Å². The molecule has 6 nitrogen and oxygen atoms in total. The molecule has 41 heavy (non-hydrogen) atoms. The first-order valence-electron chi connectivity index (χ1n) is 14.0. The molecule has 3 aromatic carbocycles. The van der Waals surface area contributed by atoms with Gasteiger partial charge in [0.1, 0.15) is 17.3 Å². The molecule has 7 heteroatoms. The van der Waals surface area contributed by atoms with Gasteiger partial charge in [0.05, 0.1) is 12.2 Å². The predicted molar refractivity (Wildman–Crippen MR) is 171 cm³/mol. The van der Waals surface area contributed by atoms with E-state index in [1.807, 2.05) is 78.2 Å². The second-order valence-electron chi connectivity index (χ2n) is 10.5. The van der Waals surface area contributed by atoms with E-state index in [1.165, 1.54) is 5.56 Å². The molecule has 1 heterocycles. The molecular formula is C34H40N4O2S. The zero-order chi connectivity index (χ0) is 29.2. The van der Waals surface area contributed by atoms with Crippen molar-refractivity contribution in [3.8, 4) is 0 Å². The highest BCUT2D eigenvalue weighted by Crippen LogP contribution is 2.29. The van der Waals surface area contributed by atoms with Gasteiger partial charge in [0.25, 0.3) is 0 Å². The van der Waals surface area contributed by atoms with Crippen LogP contribution in [0.1, 0.15) is 58.4 Å². The van der Waals surface area contributed by atoms with Gasteiger partial charge in [-0.25, -0.2) is 4.21 Å². The molecule has 214 valence electrons. The van der Waals surface area contributed by atoms with Gasteiger partial charge in [0.15, 0.2) is 0 Å². The lowest BCUT2D eigenvalue weighted by Gasteiger charge is -2.27. The van der Waals surface area contributed by atoms with Gasteiger partial charge in [-0.2, -0.15) is 0 Å². The Kier molecular flexibility index (Phi) is 10.8. The second-order valence-corrected chi connectivity index (χ2v) is 11.8. The van der Waals surface area contributed by atoms with Crippen molar-refractivity contribution in [2.24, 2.45) is 0 Å². The largest absolute Gasteiger partial charge is 0.388 e. The summed E-state index contributed by atoms with van der Waals surface area (Å²) in [4.78, 5) is 16.7. The molecule has 4 rings (SSSR count). The number of anilines is 2. The summed E-state index contributed by atoms with van der Waals surface area (Å²) in [5.41, 5.74) is 6.77. The van der Waals surface area contributed by atoms with Gasteiger partial charge >= 0.3 is 0 Å². The Morgan fingerprint density at radius 3 is 2.29 bits per heavy atom. The van der Waals surface area contributed by atoms with Crippen molar-refractivity contribution >= 4 is 28.6 Å². The van der Waals surface area contributed by atoms with E-state index >= 15 is 0 Å². The third-order valence-corrected chi connectivity index (χ3v) is 8.64. The van der Waals surface area contributed by atoms with Gasteiger partial charge in [-0.05, 0) is 78.4 Å². The van der Waals surface area contributed by atoms with Crippen LogP contribution in [-0.2, 0) is 24.0 Å². The molecule has 2 N–H and O–H groups in total. The summed E-state index contributed by atoms with van der Waals surface area (Å²) in [5, 5.41) is 6.95. The van der Waals surface area contributed by atoms with Crippen LogP contribution in [0.25, 0.3) is 0 Å². The van der Waals surface area contributed by atoms with Gasteiger partial charge < -0.3 is 10.6 Å². The molecule has 0 aliphatic rings. The zero-order valence-corrected chi connectivity index (χ0v) is 25.1. The minimum absolute atomic E-state index is 0.0498. The number of nitrogens with one attached hydrogen (secondary N) is 2. The highest BCUT2D eigenvalue weighted by Gasteiger charge is 2.21. The van der Waals surface area contributed by atoms with Gasteiger partial charge in [-0.3, -0.25) is 14.1 Å². The molecule has 1 aromatic heterocycles. The van der Waals surface area contributed by atoms with Crippen LogP contribution in [0.5, 0.6) is 0 Å². The van der Waals surface area contributed by atoms with Gasteiger partial charge in [-0.1, -0.05) is 55.5 Å². The van der Waals surface area contributed by atoms with E-state index in [4.69, 9.17) is 0 Å². The van der Waals surface area contributed by atoms with Crippen molar-refractivity contribution in [1.29, 1.82) is 0 Å². The van der Waals surface area contributed by atoms with Crippen LogP contribution in [-0.4, -0.2) is 41.4 Å². The Labute approximate surface area is 246 Å². The van der Waals surface area contributed by atoms with E-state index in [0.29, 0.717) is 31.0 Å². The molecule has 4 aromatic rings. The predicted octanol–water partition coefficient (Wildman–Crippen LogP) is 6.34. The number of benzene rings is 3. The molecule has 0 radical (unpaired) electrons. The van der Waals surface area contributed by atoms with E-state index < -0.39 is 11.0 Å². The lowest BCUT2D eigenvalue weighted by atomic mass is 9.90. The highest BCUT2D eigenvalue weighted by molar-refractivity contribution is 7.85. The normalized spacial score (nSPS) is 14.0. The van der Waals surface area contributed by atoms with E-state index in [9.17, 15) is 9.00 Å². The summed E-state index contributed by atoms with van der Waals surface area (Å²) in [6.07, 6.45) is 5.07. The lowest BCUT2D eigenvalue weighted by Crippen LogP contribution is -2.35. The summed E-state index contributed by atoms with van der Waals surface area (Å²) in [6, 6.07) is 30.6. The van der Waals surface area contributed by atoms with E-state index in [-0.39, 0.29) is 12.0 Å². The molecule has 0 bridgehead atoms. The van der Waals surface area contributed by atoms with Crippen LogP contribution in [0.3, 0.4) is 0 Å². The molecule has 4 atom stereocenters. The van der Waals surface area contributed by atoms with Gasteiger partial charge in [-0.15, -0.1) is 0 Å². The van der Waals surface area contributed by atoms with Crippen molar-refractivity contribution < 1.29 is 9.00 Å². The number of aromatic nitrogens is 1. The van der Waals surface area contributed by atoms with Gasteiger partial charge in [0, 0.05) is 54.9 Å². The summed E-state index contributed by atoms with van der Waals surface area (Å²) in [6.45, 7) is 5.63. The molecular weight excluding hydrogens is 528 g/mol. The average molecular weight is 569 g/mol. The first kappa shape index (κ1) is 30.2. The first-order valence-corrected chi connectivity index (χ1v) is 15.6. The van der Waals surface area contributed by atoms with Crippen molar-refractivity contribution in [3.63, 3.8) is 0 Å². The van der Waals surface area contributed by atoms with E-state index in [2.05, 4.69) is 59.8 Å². The summed E-state index contributed by atoms with van der Waals surface area (Å²) in [5.74, 6) is 0.353. The standard InChI is InChI=1S/C34H40N4O2S/c1-25(29-13-15-32(35-3)16-14-29)26(2)37-22-31(20-33-12-8-9-17-36-33)30-18-28(24-39)19-34(21-30)38(41(4)40)23-27-10-6-5-7-11-27/h5-19,21,24-26,31,35,37H,20,22-23H2,1-4H3/t25-,26-,31?,41?/m0/s1. The third kappa shape index (κ3) is 8.35. The zero-order valence-electron chi connectivity index (χ0n) is 24.3. The average Bonchev–Trinajstić information content (AvgIpc) is 3.02. The maximum absolute atomic E-state index is 12.9. The summed E-state index contributed by atoms with van der Waals surface area (Å²) >= 11 is 0. The maximum Gasteiger partial charge on any atom is 0.150 e. The lowest BCUT2D eigenvalue weighted by molar-refractivity contribution is 0.112. The molecule has 2 unspecified atom stereocenters. The quantitative estimate of drug-likeness (QED) is 0.174. The van der Waals surface area contributed by atoms with Crippen molar-refractivity contribution in [1.82, 2.24) is 10.3 Å². The highest BCUT2D eigenvalue weighted by atomic mass is 32.2. The maximum atomic E-state index is 12.9. The van der Waals surface area contributed by atoms with Crippen LogP contribution in [0, 0.1) is 0 Å². The third-order valence-electron chi connectivity index (χ3n) is 7.68. The number of aldehydes is 1. The molecule has 0 fully saturated rings. The van der Waals surface area contributed by atoms with Crippen molar-refractivity contribution in [2.75, 3.05) is 29.5 Å². The fraction of sp³-hybridized carbons (Fsp3) is 0.294. The Hall–Kier alpha value is -3.81. The Morgan fingerprint density at radius 1 is 0.927 bits per heavy atom. The Bertz CT molecular complexity index is 1410. The fourth-order valence-electron chi connectivity index (χ4n) is 5.01. The van der Waals surface area contributed by atoms with E-state index in [0.717, 1.165) is 34.5 Å². The summed E-state index contributed by atoms with van der Waals surface area (Å²) < 4.78 is 14.8. The van der Waals surface area contributed by atoms with Crippen LogP contribution >= 0.6 is 0 Å². The monoisotopic (exact) mass is 568 g/mol. The smallest absolute Gasteiger partial charge is 0.150 e. The number of pyridine rings is 1.